The van der Waals surface area contributed by atoms with Crippen LogP contribution < -0.4 is 0 Å². The molecular weight excluding hydrogens is 188 g/mol. The molecule has 0 unspecified atom stereocenters. The van der Waals surface area contributed by atoms with Crippen molar-refractivity contribution in [1.82, 2.24) is 5.12 Å². The van der Waals surface area contributed by atoms with Crippen LogP contribution in [0.15, 0.2) is 0 Å². The predicted octanol–water partition coefficient (Wildman–Crippen LogP) is 1.87. The van der Waals surface area contributed by atoms with Gasteiger partial charge in [-0.3, -0.25) is 0 Å². The van der Waals surface area contributed by atoms with E-state index in [4.69, 9.17) is 23.2 Å². The van der Waals surface area contributed by atoms with Gasteiger partial charge in [0.05, 0.1) is 0 Å². The van der Waals surface area contributed by atoms with E-state index in [2.05, 4.69) is 17.0 Å². The molecule has 54 valence electrons. The van der Waals surface area contributed by atoms with Crippen LogP contribution in [-0.4, -0.2) is 22.4 Å². The molecule has 0 aliphatic carbocycles. The molecule has 6 heteroatoms. The van der Waals surface area contributed by atoms with E-state index in [-0.39, 0.29) is 10.3 Å². The predicted molar refractivity (Wildman–Crippen MR) is 38.0 cm³/mol. The third-order valence-electron chi connectivity index (χ3n) is 0.441. The number of hydrogen-bond acceptors (Lipinski definition) is 2. The van der Waals surface area contributed by atoms with Gasteiger partial charge in [0.1, 0.15) is 0 Å². The maximum Gasteiger partial charge on any atom is 0.290 e. The molecule has 0 spiro atoms. The van der Waals surface area contributed by atoms with Gasteiger partial charge in [-0.15, -0.1) is 0 Å². The molecule has 9 heavy (non-hydrogen) atoms. The Hall–Kier alpha value is 0.200. The van der Waals surface area contributed by atoms with Crippen molar-refractivity contribution >= 4 is 40.6 Å². The van der Waals surface area contributed by atoms with E-state index in [1.165, 1.54) is 0 Å². The van der Waals surface area contributed by atoms with Crippen molar-refractivity contribution in [2.45, 2.75) is 5.02 Å². The quantitative estimate of drug-likeness (QED) is 0.357. The number of ether oxygens (including phenoxy) is 1. The van der Waals surface area contributed by atoms with E-state index in [1.54, 1.807) is 0 Å². The van der Waals surface area contributed by atoms with Crippen LogP contribution in [-0.2, 0) is 4.74 Å². The summed E-state index contributed by atoms with van der Waals surface area (Å²) in [6, 6.07) is 0. The lowest BCUT2D eigenvalue weighted by Crippen LogP contribution is -2.20. The minimum atomic E-state index is -1.12. The van der Waals surface area contributed by atoms with Crippen LogP contribution in [0.4, 0.5) is 4.48 Å². The van der Waals surface area contributed by atoms with E-state index in [9.17, 15) is 4.48 Å². The van der Waals surface area contributed by atoms with Crippen LogP contribution in [0, 0.1) is 0 Å². The highest BCUT2D eigenvalue weighted by Crippen LogP contribution is 2.05. The van der Waals surface area contributed by atoms with Gasteiger partial charge >= 0.3 is 0 Å². The summed E-state index contributed by atoms with van der Waals surface area (Å²) in [7, 11) is 1.08. The third kappa shape index (κ3) is 4.69. The number of rotatable bonds is 1. The summed E-state index contributed by atoms with van der Waals surface area (Å²) in [5, 5.41) is -1.40. The second-order valence-corrected chi connectivity index (χ2v) is 2.49. The minimum Gasteiger partial charge on any atom is -0.435 e. The van der Waals surface area contributed by atoms with Crippen LogP contribution in [0.1, 0.15) is 0 Å². The molecule has 0 saturated carbocycles. The lowest BCUT2D eigenvalue weighted by atomic mass is 11.1. The Kier molecular flexibility index (Phi) is 4.18. The molecule has 0 fully saturated rings. The van der Waals surface area contributed by atoms with Crippen LogP contribution in [0.3, 0.4) is 0 Å². The Bertz CT molecular complexity index is 110. The lowest BCUT2D eigenvalue weighted by molar-refractivity contribution is 0.115. The molecule has 0 rings (SSSR count). The van der Waals surface area contributed by atoms with Gasteiger partial charge < -0.3 is 4.74 Å². The minimum absolute atomic E-state index is 0.104. The van der Waals surface area contributed by atoms with Crippen molar-refractivity contribution in [3.8, 4) is 0 Å². The molecule has 0 amide bonds. The zero-order chi connectivity index (χ0) is 7.44. The first-order valence-electron chi connectivity index (χ1n) is 1.92. The summed E-state index contributed by atoms with van der Waals surface area (Å²) < 4.78 is 16.2. The molecule has 0 aliphatic rings. The molecule has 0 aromatic heterocycles. The van der Waals surface area contributed by atoms with Gasteiger partial charge in [0.2, 0.25) is 0 Å². The standard InChI is InChI=1S/C3H4Cl2FNOS/c1-7(6)3(9)8-2(4)5/h2H,1H3. The van der Waals surface area contributed by atoms with Crippen LogP contribution in [0.5, 0.6) is 0 Å². The second kappa shape index (κ2) is 4.09. The molecule has 0 N–H and O–H groups in total. The highest BCUT2D eigenvalue weighted by Gasteiger charge is 2.07. The van der Waals surface area contributed by atoms with Crippen molar-refractivity contribution in [3.63, 3.8) is 0 Å². The molecule has 0 radical (unpaired) electrons. The molecule has 0 heterocycles. The summed E-state index contributed by atoms with van der Waals surface area (Å²) in [5.41, 5.74) is 0. The highest BCUT2D eigenvalue weighted by atomic mass is 35.5. The number of hydrogen-bond donors (Lipinski definition) is 0. The first kappa shape index (κ1) is 9.20. The van der Waals surface area contributed by atoms with Crippen LogP contribution in [0.25, 0.3) is 0 Å². The van der Waals surface area contributed by atoms with Gasteiger partial charge in [0, 0.05) is 7.05 Å². The first-order chi connectivity index (χ1) is 4.04. The largest absolute Gasteiger partial charge is 0.435 e. The van der Waals surface area contributed by atoms with Crippen LogP contribution in [0.2, 0.25) is 0 Å². The Morgan fingerprint density at radius 3 is 2.33 bits per heavy atom. The molecule has 0 atom stereocenters. The van der Waals surface area contributed by atoms with Gasteiger partial charge in [-0.05, 0) is 12.2 Å². The summed E-state index contributed by atoms with van der Waals surface area (Å²) in [6.07, 6.45) is 0. The average Bonchev–Trinajstić information content (AvgIpc) is 1.63. The Morgan fingerprint density at radius 1 is 1.78 bits per heavy atom. The topological polar surface area (TPSA) is 12.5 Å². The zero-order valence-corrected chi connectivity index (χ0v) is 6.80. The Balaban J connectivity index is 3.51. The molecule has 0 saturated heterocycles. The van der Waals surface area contributed by atoms with E-state index >= 15 is 0 Å². The Labute approximate surface area is 67.4 Å². The molecule has 0 aliphatic heterocycles. The van der Waals surface area contributed by atoms with Crippen molar-refractivity contribution in [1.29, 1.82) is 0 Å². The summed E-state index contributed by atoms with van der Waals surface area (Å²) >= 11 is 14.5. The van der Waals surface area contributed by atoms with Crippen molar-refractivity contribution in [2.75, 3.05) is 7.05 Å². The monoisotopic (exact) mass is 191 g/mol. The Morgan fingerprint density at radius 2 is 2.22 bits per heavy atom. The summed E-state index contributed by atoms with van der Waals surface area (Å²) in [4.78, 5) is 0. The average molecular weight is 192 g/mol. The van der Waals surface area contributed by atoms with Gasteiger partial charge in [-0.2, -0.15) is 5.12 Å². The summed E-state index contributed by atoms with van der Waals surface area (Å²) in [6.45, 7) is 0. The van der Waals surface area contributed by atoms with E-state index in [0.29, 0.717) is 0 Å². The summed E-state index contributed by atoms with van der Waals surface area (Å²) in [5.74, 6) is 0. The van der Waals surface area contributed by atoms with Gasteiger partial charge in [0.15, 0.2) is 0 Å². The SMILES string of the molecule is CN(F)C(=S)OC(Cl)Cl. The highest BCUT2D eigenvalue weighted by molar-refractivity contribution is 7.79. The van der Waals surface area contributed by atoms with Gasteiger partial charge in [-0.1, -0.05) is 27.7 Å². The smallest absolute Gasteiger partial charge is 0.290 e. The van der Waals surface area contributed by atoms with Crippen molar-refractivity contribution in [3.05, 3.63) is 0 Å². The maximum atomic E-state index is 11.9. The molecular formula is C3H4Cl2FNOS. The van der Waals surface area contributed by atoms with Gasteiger partial charge in [0.25, 0.3) is 10.2 Å². The third-order valence-corrected chi connectivity index (χ3v) is 0.967. The number of halogens is 3. The zero-order valence-electron chi connectivity index (χ0n) is 4.47. The lowest BCUT2D eigenvalue weighted by Gasteiger charge is -2.09. The molecule has 0 aromatic rings. The van der Waals surface area contributed by atoms with Crippen molar-refractivity contribution < 1.29 is 9.22 Å². The van der Waals surface area contributed by atoms with Crippen molar-refractivity contribution in [2.24, 2.45) is 0 Å². The van der Waals surface area contributed by atoms with Crippen LogP contribution >= 0.6 is 35.4 Å². The fraction of sp³-hybridized carbons (Fsp3) is 0.667. The molecule has 2 nitrogen and oxygen atoms in total. The molecule has 0 bridgehead atoms. The maximum absolute atomic E-state index is 11.9. The fourth-order valence-corrected chi connectivity index (χ4v) is 0.519. The molecule has 0 aromatic carbocycles. The first-order valence-corrected chi connectivity index (χ1v) is 3.20. The second-order valence-electron chi connectivity index (χ2n) is 1.12. The normalized spacial score (nSPS) is 9.44. The number of alkyl halides is 2. The fourth-order valence-electron chi connectivity index (χ4n) is 0.149. The van der Waals surface area contributed by atoms with Gasteiger partial charge in [-0.25, -0.2) is 0 Å². The van der Waals surface area contributed by atoms with E-state index in [1.807, 2.05) is 0 Å². The number of nitrogens with zero attached hydrogens (tertiary/aromatic N) is 1. The number of thiocarbonyl (C=S) groups is 1. The van der Waals surface area contributed by atoms with E-state index in [0.717, 1.165) is 7.05 Å². The van der Waals surface area contributed by atoms with E-state index < -0.39 is 5.02 Å².